The van der Waals surface area contributed by atoms with Crippen molar-refractivity contribution in [2.24, 2.45) is 9.98 Å². The van der Waals surface area contributed by atoms with E-state index in [-0.39, 0.29) is 22.9 Å². The fraction of sp³-hybridized carbons (Fsp3) is 0.273. The molecule has 0 unspecified atom stereocenters. The number of nitrogens with zero attached hydrogens (tertiary/aromatic N) is 3. The summed E-state index contributed by atoms with van der Waals surface area (Å²) in [7, 11) is 1.48. The SMILES string of the molecule is C/C=N\C(=NC)Nc1c([N+](=O)[O-])ccc(F)c1C. The van der Waals surface area contributed by atoms with Crippen LogP contribution in [-0.4, -0.2) is 24.1 Å². The van der Waals surface area contributed by atoms with Crippen molar-refractivity contribution in [2.45, 2.75) is 13.8 Å². The van der Waals surface area contributed by atoms with Crippen LogP contribution in [0, 0.1) is 22.9 Å². The summed E-state index contributed by atoms with van der Waals surface area (Å²) < 4.78 is 13.4. The monoisotopic (exact) mass is 252 g/mol. The van der Waals surface area contributed by atoms with Gasteiger partial charge in [0.1, 0.15) is 11.5 Å². The smallest absolute Gasteiger partial charge is 0.293 e. The van der Waals surface area contributed by atoms with E-state index in [4.69, 9.17) is 0 Å². The van der Waals surface area contributed by atoms with Gasteiger partial charge in [-0.25, -0.2) is 9.38 Å². The van der Waals surface area contributed by atoms with E-state index in [9.17, 15) is 14.5 Å². The average Bonchev–Trinajstić information content (AvgIpc) is 2.33. The lowest BCUT2D eigenvalue weighted by atomic mass is 10.1. The van der Waals surface area contributed by atoms with Gasteiger partial charge in [0, 0.05) is 24.9 Å². The topological polar surface area (TPSA) is 79.9 Å². The van der Waals surface area contributed by atoms with Gasteiger partial charge in [-0.1, -0.05) is 0 Å². The van der Waals surface area contributed by atoms with Gasteiger partial charge >= 0.3 is 0 Å². The van der Waals surface area contributed by atoms with Crippen molar-refractivity contribution in [3.05, 3.63) is 33.6 Å². The van der Waals surface area contributed by atoms with E-state index in [2.05, 4.69) is 15.3 Å². The van der Waals surface area contributed by atoms with Crippen LogP contribution in [0.5, 0.6) is 0 Å². The zero-order valence-corrected chi connectivity index (χ0v) is 10.3. The number of nitro benzene ring substituents is 1. The van der Waals surface area contributed by atoms with Gasteiger partial charge in [0.2, 0.25) is 5.96 Å². The highest BCUT2D eigenvalue weighted by Gasteiger charge is 2.19. The van der Waals surface area contributed by atoms with Gasteiger partial charge in [-0.15, -0.1) is 0 Å². The predicted octanol–water partition coefficient (Wildman–Crippen LogP) is 2.53. The molecule has 0 fully saturated rings. The number of anilines is 1. The zero-order chi connectivity index (χ0) is 13.7. The molecule has 6 nitrogen and oxygen atoms in total. The molecule has 0 heterocycles. The molecule has 0 aromatic heterocycles. The van der Waals surface area contributed by atoms with Gasteiger partial charge in [-0.05, 0) is 19.9 Å². The molecule has 0 saturated heterocycles. The Kier molecular flexibility index (Phi) is 4.47. The van der Waals surface area contributed by atoms with Gasteiger partial charge in [0.05, 0.1) is 4.92 Å². The second-order valence-electron chi connectivity index (χ2n) is 3.38. The minimum atomic E-state index is -0.586. The van der Waals surface area contributed by atoms with Gasteiger partial charge in [0.15, 0.2) is 0 Å². The minimum Gasteiger partial charge on any atom is -0.318 e. The first kappa shape index (κ1) is 13.8. The molecule has 0 aliphatic carbocycles. The van der Waals surface area contributed by atoms with Crippen molar-refractivity contribution in [1.29, 1.82) is 0 Å². The lowest BCUT2D eigenvalue weighted by molar-refractivity contribution is -0.384. The Morgan fingerprint density at radius 3 is 2.72 bits per heavy atom. The summed E-state index contributed by atoms with van der Waals surface area (Å²) in [5.41, 5.74) is -0.00999. The summed E-state index contributed by atoms with van der Waals surface area (Å²) in [6.45, 7) is 3.13. The molecule has 0 atom stereocenters. The average molecular weight is 252 g/mol. The number of hydrogen-bond acceptors (Lipinski definition) is 3. The molecule has 1 aromatic carbocycles. The van der Waals surface area contributed by atoms with Gasteiger partial charge in [-0.3, -0.25) is 15.1 Å². The van der Waals surface area contributed by atoms with Crippen LogP contribution in [0.2, 0.25) is 0 Å². The molecule has 1 aromatic rings. The van der Waals surface area contributed by atoms with E-state index in [1.165, 1.54) is 20.2 Å². The Labute approximate surface area is 103 Å². The van der Waals surface area contributed by atoms with Crippen molar-refractivity contribution in [3.8, 4) is 0 Å². The number of nitro groups is 1. The fourth-order valence-corrected chi connectivity index (χ4v) is 1.36. The summed E-state index contributed by atoms with van der Waals surface area (Å²) in [4.78, 5) is 18.0. The zero-order valence-electron chi connectivity index (χ0n) is 10.3. The second-order valence-corrected chi connectivity index (χ2v) is 3.38. The predicted molar refractivity (Wildman–Crippen MR) is 68.9 cm³/mol. The summed E-state index contributed by atoms with van der Waals surface area (Å²) in [6.07, 6.45) is 1.48. The molecule has 96 valence electrons. The highest BCUT2D eigenvalue weighted by Crippen LogP contribution is 2.29. The molecule has 0 saturated carbocycles. The third-order valence-electron chi connectivity index (χ3n) is 2.27. The van der Waals surface area contributed by atoms with Crippen LogP contribution in [0.25, 0.3) is 0 Å². The molecule has 18 heavy (non-hydrogen) atoms. The maximum Gasteiger partial charge on any atom is 0.293 e. The molecule has 0 aliphatic heterocycles. The normalized spacial score (nSPS) is 11.9. The Balaban J connectivity index is 3.29. The molecule has 7 heteroatoms. The van der Waals surface area contributed by atoms with Crippen molar-refractivity contribution >= 4 is 23.5 Å². The third kappa shape index (κ3) is 2.88. The third-order valence-corrected chi connectivity index (χ3v) is 2.27. The van der Waals surface area contributed by atoms with E-state index >= 15 is 0 Å². The van der Waals surface area contributed by atoms with Crippen LogP contribution < -0.4 is 5.32 Å². The lowest BCUT2D eigenvalue weighted by Crippen LogP contribution is -2.12. The number of benzene rings is 1. The molecule has 0 radical (unpaired) electrons. The first-order chi connectivity index (χ1) is 8.51. The Morgan fingerprint density at radius 2 is 2.22 bits per heavy atom. The first-order valence-corrected chi connectivity index (χ1v) is 5.17. The van der Waals surface area contributed by atoms with Crippen molar-refractivity contribution in [2.75, 3.05) is 12.4 Å². The number of halogens is 1. The molecule has 1 rings (SSSR count). The second kappa shape index (κ2) is 5.85. The first-order valence-electron chi connectivity index (χ1n) is 5.17. The van der Waals surface area contributed by atoms with Crippen LogP contribution >= 0.6 is 0 Å². The van der Waals surface area contributed by atoms with Gasteiger partial charge in [-0.2, -0.15) is 0 Å². The van der Waals surface area contributed by atoms with Crippen molar-refractivity contribution in [3.63, 3.8) is 0 Å². The van der Waals surface area contributed by atoms with Crippen LogP contribution in [0.4, 0.5) is 15.8 Å². The summed E-state index contributed by atoms with van der Waals surface area (Å²) in [5, 5.41) is 13.5. The molecule has 0 spiro atoms. The Hall–Kier alpha value is -2.31. The van der Waals surface area contributed by atoms with E-state index < -0.39 is 10.7 Å². The maximum atomic E-state index is 13.4. The highest BCUT2D eigenvalue weighted by atomic mass is 19.1. The van der Waals surface area contributed by atoms with Crippen molar-refractivity contribution in [1.82, 2.24) is 0 Å². The minimum absolute atomic E-state index is 0.0613. The van der Waals surface area contributed by atoms with E-state index in [1.54, 1.807) is 6.92 Å². The van der Waals surface area contributed by atoms with E-state index in [0.717, 1.165) is 12.1 Å². The summed E-state index contributed by atoms with van der Waals surface area (Å²) in [6, 6.07) is 2.16. The number of hydrogen-bond donors (Lipinski definition) is 1. The van der Waals surface area contributed by atoms with Crippen LogP contribution in [0.15, 0.2) is 22.1 Å². The number of aliphatic imine (C=N–C) groups is 2. The maximum absolute atomic E-state index is 13.4. The Morgan fingerprint density at radius 1 is 1.56 bits per heavy atom. The van der Waals surface area contributed by atoms with Crippen LogP contribution in [0.1, 0.15) is 12.5 Å². The Bertz CT molecular complexity index is 526. The van der Waals surface area contributed by atoms with Gasteiger partial charge < -0.3 is 5.32 Å². The molecular weight excluding hydrogens is 239 g/mol. The standard InChI is InChI=1S/C11H13FN4O2/c1-4-14-11(13-3)15-10-7(2)8(12)5-6-9(10)16(17)18/h4-6H,1-3H3,(H,13,15)/b14-4-. The van der Waals surface area contributed by atoms with Crippen LogP contribution in [-0.2, 0) is 0 Å². The van der Waals surface area contributed by atoms with E-state index in [1.807, 2.05) is 0 Å². The molecule has 0 aliphatic rings. The number of rotatable bonds is 2. The number of nitrogens with one attached hydrogen (secondary N) is 1. The quantitative estimate of drug-likeness (QED) is 0.380. The highest BCUT2D eigenvalue weighted by molar-refractivity contribution is 6.00. The van der Waals surface area contributed by atoms with Crippen LogP contribution in [0.3, 0.4) is 0 Å². The lowest BCUT2D eigenvalue weighted by Gasteiger charge is -2.09. The molecule has 1 N–H and O–H groups in total. The fourth-order valence-electron chi connectivity index (χ4n) is 1.36. The number of guanidine groups is 1. The molecular formula is C11H13FN4O2. The van der Waals surface area contributed by atoms with Crippen molar-refractivity contribution < 1.29 is 9.31 Å². The molecule has 0 bridgehead atoms. The summed E-state index contributed by atoms with van der Waals surface area (Å²) in [5.74, 6) is -0.353. The summed E-state index contributed by atoms with van der Waals surface area (Å²) >= 11 is 0. The molecule has 0 amide bonds. The van der Waals surface area contributed by atoms with Gasteiger partial charge in [0.25, 0.3) is 5.69 Å². The largest absolute Gasteiger partial charge is 0.318 e. The van der Waals surface area contributed by atoms with E-state index in [0.29, 0.717) is 0 Å².